The van der Waals surface area contributed by atoms with Crippen LogP contribution in [0.3, 0.4) is 0 Å². The molecule has 132 valence electrons. The number of ether oxygens (including phenoxy) is 1. The van der Waals surface area contributed by atoms with Crippen molar-refractivity contribution < 1.29 is 18.1 Å². The van der Waals surface area contributed by atoms with Gasteiger partial charge in [0.1, 0.15) is 5.75 Å². The Hall–Kier alpha value is -2.61. The fourth-order valence-corrected chi connectivity index (χ4v) is 4.65. The largest absolute Gasteiger partial charge is 0.496 e. The van der Waals surface area contributed by atoms with Crippen molar-refractivity contribution in [3.63, 3.8) is 0 Å². The first-order chi connectivity index (χ1) is 11.8. The fourth-order valence-electron chi connectivity index (χ4n) is 3.03. The minimum atomic E-state index is -3.81. The van der Waals surface area contributed by atoms with Gasteiger partial charge in [0.15, 0.2) is 0 Å². The first-order valence-corrected chi connectivity index (χ1v) is 9.23. The summed E-state index contributed by atoms with van der Waals surface area (Å²) in [5.74, 6) is 0.605. The zero-order valence-corrected chi connectivity index (χ0v) is 14.7. The first-order valence-electron chi connectivity index (χ1n) is 7.79. The summed E-state index contributed by atoms with van der Waals surface area (Å²) in [6.07, 6.45) is 1.36. The van der Waals surface area contributed by atoms with Gasteiger partial charge >= 0.3 is 0 Å². The number of benzene rings is 2. The molecule has 3 rings (SSSR count). The van der Waals surface area contributed by atoms with Crippen LogP contribution >= 0.6 is 0 Å². The predicted molar refractivity (Wildman–Crippen MR) is 93.7 cm³/mol. The molecule has 7 nitrogen and oxygen atoms in total. The van der Waals surface area contributed by atoms with Crippen molar-refractivity contribution in [2.45, 2.75) is 24.7 Å². The van der Waals surface area contributed by atoms with E-state index in [1.165, 1.54) is 29.6 Å². The van der Waals surface area contributed by atoms with Crippen molar-refractivity contribution in [3.8, 4) is 5.75 Å². The summed E-state index contributed by atoms with van der Waals surface area (Å²) in [5, 5.41) is 11.1. The predicted octanol–water partition coefficient (Wildman–Crippen LogP) is 3.05. The molecular formula is C17H18N2O5S. The van der Waals surface area contributed by atoms with Gasteiger partial charge in [-0.2, -0.15) is 0 Å². The molecule has 0 radical (unpaired) electrons. The zero-order chi connectivity index (χ0) is 18.2. The number of nitro groups is 1. The van der Waals surface area contributed by atoms with Gasteiger partial charge in [-0.05, 0) is 49.1 Å². The van der Waals surface area contributed by atoms with Crippen LogP contribution < -0.4 is 9.04 Å². The maximum atomic E-state index is 13.1. The van der Waals surface area contributed by atoms with Gasteiger partial charge in [0.05, 0.1) is 22.6 Å². The Morgan fingerprint density at radius 2 is 1.96 bits per heavy atom. The molecule has 0 fully saturated rings. The van der Waals surface area contributed by atoms with E-state index in [-0.39, 0.29) is 10.6 Å². The molecular weight excluding hydrogens is 344 g/mol. The number of sulfonamides is 1. The Balaban J connectivity index is 2.09. The lowest BCUT2D eigenvalue weighted by Crippen LogP contribution is -2.35. The number of methoxy groups -OCH3 is 1. The summed E-state index contributed by atoms with van der Waals surface area (Å²) in [4.78, 5) is 10.7. The molecule has 2 aromatic rings. The lowest BCUT2D eigenvalue weighted by molar-refractivity contribution is -0.384. The average molecular weight is 362 g/mol. The fraction of sp³-hybridized carbons (Fsp3) is 0.294. The normalized spacial score (nSPS) is 14.1. The number of hydrogen-bond donors (Lipinski definition) is 0. The Morgan fingerprint density at radius 1 is 1.20 bits per heavy atom. The number of nitro benzene ring substituents is 1. The van der Waals surface area contributed by atoms with E-state index < -0.39 is 14.9 Å². The van der Waals surface area contributed by atoms with Crippen LogP contribution in [0.15, 0.2) is 41.3 Å². The first kappa shape index (κ1) is 17.2. The Kier molecular flexibility index (Phi) is 4.38. The minimum Gasteiger partial charge on any atom is -0.496 e. The zero-order valence-electron chi connectivity index (χ0n) is 13.9. The van der Waals surface area contributed by atoms with Crippen LogP contribution in [0.2, 0.25) is 0 Å². The Labute approximate surface area is 146 Å². The topological polar surface area (TPSA) is 89.8 Å². The van der Waals surface area contributed by atoms with Crippen molar-refractivity contribution in [2.24, 2.45) is 0 Å². The van der Waals surface area contributed by atoms with Gasteiger partial charge in [0.25, 0.3) is 15.7 Å². The highest BCUT2D eigenvalue weighted by atomic mass is 32.2. The van der Waals surface area contributed by atoms with Crippen molar-refractivity contribution in [1.29, 1.82) is 0 Å². The lowest BCUT2D eigenvalue weighted by Gasteiger charge is -2.30. The molecule has 0 atom stereocenters. The van der Waals surface area contributed by atoms with E-state index in [1.54, 1.807) is 25.1 Å². The van der Waals surface area contributed by atoms with Crippen LogP contribution in [0.25, 0.3) is 0 Å². The highest BCUT2D eigenvalue weighted by Crippen LogP contribution is 2.35. The third-order valence-corrected chi connectivity index (χ3v) is 6.12. The van der Waals surface area contributed by atoms with E-state index in [0.717, 1.165) is 5.56 Å². The van der Waals surface area contributed by atoms with Crippen LogP contribution in [0.4, 0.5) is 11.4 Å². The van der Waals surface area contributed by atoms with Crippen molar-refractivity contribution in [3.05, 3.63) is 57.6 Å². The van der Waals surface area contributed by atoms with Crippen LogP contribution in [0, 0.1) is 17.0 Å². The van der Waals surface area contributed by atoms with Gasteiger partial charge in [-0.1, -0.05) is 6.07 Å². The van der Waals surface area contributed by atoms with Crippen molar-refractivity contribution >= 4 is 21.4 Å². The molecule has 1 aliphatic heterocycles. The summed E-state index contributed by atoms with van der Waals surface area (Å²) in [7, 11) is -2.29. The van der Waals surface area contributed by atoms with Gasteiger partial charge < -0.3 is 4.74 Å². The Bertz CT molecular complexity index is 940. The second-order valence-corrected chi connectivity index (χ2v) is 7.74. The maximum absolute atomic E-state index is 13.1. The van der Waals surface area contributed by atoms with Crippen molar-refractivity contribution in [1.82, 2.24) is 0 Å². The van der Waals surface area contributed by atoms with Gasteiger partial charge in [0, 0.05) is 18.7 Å². The van der Waals surface area contributed by atoms with Crippen molar-refractivity contribution in [2.75, 3.05) is 18.0 Å². The van der Waals surface area contributed by atoms with E-state index in [9.17, 15) is 18.5 Å². The monoisotopic (exact) mass is 362 g/mol. The van der Waals surface area contributed by atoms with Crippen LogP contribution in [-0.2, 0) is 16.4 Å². The van der Waals surface area contributed by atoms with Gasteiger partial charge in [-0.15, -0.1) is 0 Å². The van der Waals surface area contributed by atoms with Gasteiger partial charge in [-0.3, -0.25) is 14.4 Å². The molecule has 0 spiro atoms. The number of aryl methyl sites for hydroxylation is 2. The summed E-state index contributed by atoms with van der Waals surface area (Å²) in [5.41, 5.74) is 1.77. The van der Waals surface area contributed by atoms with Gasteiger partial charge in [-0.25, -0.2) is 8.42 Å². The quantitative estimate of drug-likeness (QED) is 0.616. The molecule has 25 heavy (non-hydrogen) atoms. The summed E-state index contributed by atoms with van der Waals surface area (Å²) in [6, 6.07) is 9.04. The molecule has 0 bridgehead atoms. The molecule has 0 saturated carbocycles. The number of non-ortho nitro benzene ring substituents is 1. The molecule has 0 N–H and O–H groups in total. The molecule has 0 aromatic heterocycles. The summed E-state index contributed by atoms with van der Waals surface area (Å²) >= 11 is 0. The second-order valence-electron chi connectivity index (χ2n) is 5.88. The molecule has 2 aromatic carbocycles. The minimum absolute atomic E-state index is 0.119. The maximum Gasteiger partial charge on any atom is 0.271 e. The van der Waals surface area contributed by atoms with Crippen LogP contribution in [0.5, 0.6) is 5.75 Å². The third-order valence-electron chi connectivity index (χ3n) is 4.31. The molecule has 8 heteroatoms. The molecule has 1 heterocycles. The standard InChI is InChI=1S/C17H18N2O5S/c1-12-10-15(7-8-17(12)24-2)25(22,23)18-9-3-4-13-5-6-14(19(20)21)11-16(13)18/h5-8,10-11H,3-4,9H2,1-2H3. The molecule has 0 amide bonds. The highest BCUT2D eigenvalue weighted by Gasteiger charge is 2.30. The number of fused-ring (bicyclic) bond motifs is 1. The number of anilines is 1. The number of rotatable bonds is 4. The highest BCUT2D eigenvalue weighted by molar-refractivity contribution is 7.92. The summed E-state index contributed by atoms with van der Waals surface area (Å²) in [6.45, 7) is 2.06. The van der Waals surface area contributed by atoms with Gasteiger partial charge in [0.2, 0.25) is 0 Å². The number of hydrogen-bond acceptors (Lipinski definition) is 5. The summed E-state index contributed by atoms with van der Waals surface area (Å²) < 4.78 is 32.6. The van der Waals surface area contributed by atoms with E-state index in [0.29, 0.717) is 36.4 Å². The SMILES string of the molecule is COc1ccc(S(=O)(=O)N2CCCc3ccc([N+](=O)[O-])cc32)cc1C. The van der Waals surface area contributed by atoms with E-state index >= 15 is 0 Å². The Morgan fingerprint density at radius 3 is 2.60 bits per heavy atom. The van der Waals surface area contributed by atoms with E-state index in [1.807, 2.05) is 0 Å². The van der Waals surface area contributed by atoms with E-state index in [4.69, 9.17) is 4.74 Å². The molecule has 0 saturated heterocycles. The lowest BCUT2D eigenvalue weighted by atomic mass is 10.0. The molecule has 0 aliphatic carbocycles. The molecule has 1 aliphatic rings. The number of nitrogens with zero attached hydrogens (tertiary/aromatic N) is 2. The third kappa shape index (κ3) is 3.05. The van der Waals surface area contributed by atoms with Crippen LogP contribution in [-0.4, -0.2) is 27.0 Å². The second kappa shape index (κ2) is 6.36. The smallest absolute Gasteiger partial charge is 0.271 e. The average Bonchev–Trinajstić information content (AvgIpc) is 2.60. The van der Waals surface area contributed by atoms with Crippen LogP contribution in [0.1, 0.15) is 17.5 Å². The molecule has 0 unspecified atom stereocenters. The van der Waals surface area contributed by atoms with E-state index in [2.05, 4.69) is 0 Å².